The van der Waals surface area contributed by atoms with Gasteiger partial charge in [0.1, 0.15) is 12.1 Å². The number of fused-ring (bicyclic) bond motifs is 1. The highest BCUT2D eigenvalue weighted by molar-refractivity contribution is 6.44. The van der Waals surface area contributed by atoms with Crippen LogP contribution in [-0.2, 0) is 16.2 Å². The third kappa shape index (κ3) is 4.28. The first-order valence-electron chi connectivity index (χ1n) is 9.50. The molecule has 0 radical (unpaired) electrons. The van der Waals surface area contributed by atoms with E-state index >= 15 is 0 Å². The van der Waals surface area contributed by atoms with E-state index in [4.69, 9.17) is 42.4 Å². The maximum Gasteiger partial charge on any atom is 0.278 e. The van der Waals surface area contributed by atoms with Gasteiger partial charge < -0.3 is 9.47 Å². The van der Waals surface area contributed by atoms with Gasteiger partial charge in [0.15, 0.2) is 11.6 Å². The molecule has 1 aromatic carbocycles. The number of halogens is 2. The Morgan fingerprint density at radius 3 is 2.36 bits per heavy atom. The van der Waals surface area contributed by atoms with Crippen LogP contribution in [0.5, 0.6) is 11.8 Å². The van der Waals surface area contributed by atoms with Crippen molar-refractivity contribution in [3.63, 3.8) is 0 Å². The highest BCUT2D eigenvalue weighted by Gasteiger charge is 2.25. The average molecular weight is 492 g/mol. The van der Waals surface area contributed by atoms with Crippen molar-refractivity contribution in [1.29, 1.82) is 0 Å². The maximum atomic E-state index is 6.73. The molecule has 0 saturated carbocycles. The lowest BCUT2D eigenvalue weighted by molar-refractivity contribution is -0.350. The quantitative estimate of drug-likeness (QED) is 0.339. The number of rotatable bonds is 8. The summed E-state index contributed by atoms with van der Waals surface area (Å²) in [6.45, 7) is 0.102. The SMILES string of the molecule is COc1nc2cc(Cl)c(Cl)c(-n3c(CN(OC)OC)nnc3-c3cccnc3)c2nc1OC. The molecule has 0 N–H and O–H groups in total. The lowest BCUT2D eigenvalue weighted by Crippen LogP contribution is -2.23. The van der Waals surface area contributed by atoms with Crippen LogP contribution in [0.1, 0.15) is 5.82 Å². The van der Waals surface area contributed by atoms with Crippen LogP contribution in [0.4, 0.5) is 0 Å². The number of benzene rings is 1. The van der Waals surface area contributed by atoms with Gasteiger partial charge in [0.25, 0.3) is 11.8 Å². The molecule has 0 unspecified atom stereocenters. The van der Waals surface area contributed by atoms with Gasteiger partial charge in [-0.15, -0.1) is 10.2 Å². The fourth-order valence-electron chi connectivity index (χ4n) is 3.22. The van der Waals surface area contributed by atoms with Crippen LogP contribution in [0.15, 0.2) is 30.6 Å². The van der Waals surface area contributed by atoms with Crippen molar-refractivity contribution < 1.29 is 19.1 Å². The van der Waals surface area contributed by atoms with Crippen LogP contribution in [0, 0.1) is 0 Å². The number of hydrogen-bond acceptors (Lipinski definition) is 10. The smallest absolute Gasteiger partial charge is 0.278 e. The molecule has 172 valence electrons. The zero-order valence-electron chi connectivity index (χ0n) is 18.1. The molecule has 0 aliphatic heterocycles. The summed E-state index contributed by atoms with van der Waals surface area (Å²) in [6, 6.07) is 5.23. The zero-order chi connectivity index (χ0) is 23.5. The number of methoxy groups -OCH3 is 2. The Bertz CT molecular complexity index is 1280. The first kappa shape index (κ1) is 23.1. The van der Waals surface area contributed by atoms with E-state index in [1.807, 2.05) is 6.07 Å². The maximum absolute atomic E-state index is 6.73. The molecular weight excluding hydrogens is 473 g/mol. The number of hydrogen-bond donors (Lipinski definition) is 0. The lowest BCUT2D eigenvalue weighted by atomic mass is 10.2. The summed E-state index contributed by atoms with van der Waals surface area (Å²) in [4.78, 5) is 23.7. The highest BCUT2D eigenvalue weighted by atomic mass is 35.5. The second-order valence-corrected chi connectivity index (χ2v) is 7.29. The average Bonchev–Trinajstić information content (AvgIpc) is 3.26. The molecule has 4 aromatic rings. The normalized spacial score (nSPS) is 11.4. The van der Waals surface area contributed by atoms with Crippen LogP contribution >= 0.6 is 23.2 Å². The van der Waals surface area contributed by atoms with Crippen LogP contribution in [0.25, 0.3) is 28.1 Å². The molecule has 13 heteroatoms. The molecule has 0 saturated heterocycles. The van der Waals surface area contributed by atoms with E-state index in [2.05, 4.69) is 25.1 Å². The van der Waals surface area contributed by atoms with Gasteiger partial charge in [-0.2, -0.15) is 0 Å². The molecule has 4 rings (SSSR count). The summed E-state index contributed by atoms with van der Waals surface area (Å²) in [5, 5.41) is 10.4. The summed E-state index contributed by atoms with van der Waals surface area (Å²) in [7, 11) is 5.88. The van der Waals surface area contributed by atoms with Crippen molar-refractivity contribution in [1.82, 2.24) is 34.9 Å². The van der Waals surface area contributed by atoms with Crippen molar-refractivity contribution in [3.05, 3.63) is 46.5 Å². The van der Waals surface area contributed by atoms with Crippen molar-refractivity contribution in [2.75, 3.05) is 28.4 Å². The van der Waals surface area contributed by atoms with Gasteiger partial charge >= 0.3 is 0 Å². The van der Waals surface area contributed by atoms with Gasteiger partial charge in [-0.05, 0) is 18.2 Å². The van der Waals surface area contributed by atoms with Crippen LogP contribution < -0.4 is 9.47 Å². The van der Waals surface area contributed by atoms with Crippen LogP contribution in [-0.4, -0.2) is 63.4 Å². The van der Waals surface area contributed by atoms with Crippen molar-refractivity contribution in [3.8, 4) is 28.8 Å². The first-order valence-corrected chi connectivity index (χ1v) is 10.3. The third-order valence-corrected chi connectivity index (χ3v) is 5.48. The fourth-order valence-corrected chi connectivity index (χ4v) is 3.64. The van der Waals surface area contributed by atoms with Crippen molar-refractivity contribution in [2.45, 2.75) is 6.54 Å². The Labute approximate surface area is 198 Å². The minimum Gasteiger partial charge on any atom is -0.477 e. The summed E-state index contributed by atoms with van der Waals surface area (Å²) < 4.78 is 12.4. The third-order valence-electron chi connectivity index (χ3n) is 4.70. The molecule has 3 aromatic heterocycles. The number of aromatic nitrogens is 6. The lowest BCUT2D eigenvalue weighted by Gasteiger charge is -2.19. The molecule has 0 atom stereocenters. The molecule has 0 aliphatic rings. The van der Waals surface area contributed by atoms with Gasteiger partial charge in [0, 0.05) is 18.0 Å². The van der Waals surface area contributed by atoms with E-state index in [1.165, 1.54) is 33.7 Å². The minimum absolute atomic E-state index is 0.102. The highest BCUT2D eigenvalue weighted by Crippen LogP contribution is 2.39. The zero-order valence-corrected chi connectivity index (χ0v) is 19.6. The summed E-state index contributed by atoms with van der Waals surface area (Å²) in [5.41, 5.74) is 1.92. The van der Waals surface area contributed by atoms with E-state index in [1.54, 1.807) is 29.1 Å². The van der Waals surface area contributed by atoms with E-state index in [9.17, 15) is 0 Å². The number of pyridine rings is 1. The van der Waals surface area contributed by atoms with Gasteiger partial charge in [-0.3, -0.25) is 19.2 Å². The van der Waals surface area contributed by atoms with E-state index in [-0.39, 0.29) is 28.3 Å². The van der Waals surface area contributed by atoms with E-state index in [0.29, 0.717) is 33.9 Å². The number of ether oxygens (including phenoxy) is 2. The summed E-state index contributed by atoms with van der Waals surface area (Å²) >= 11 is 13.2. The Morgan fingerprint density at radius 2 is 1.73 bits per heavy atom. The minimum atomic E-state index is 0.102. The van der Waals surface area contributed by atoms with Gasteiger partial charge in [-0.25, -0.2) is 9.97 Å². The molecule has 3 heterocycles. The topological polar surface area (TPSA) is 110 Å². The fraction of sp³-hybridized carbons (Fsp3) is 0.250. The van der Waals surface area contributed by atoms with Crippen molar-refractivity contribution >= 4 is 34.2 Å². The summed E-state index contributed by atoms with van der Waals surface area (Å²) in [5.74, 6) is 1.26. The molecule has 0 aliphatic carbocycles. The van der Waals surface area contributed by atoms with Crippen molar-refractivity contribution in [2.24, 2.45) is 0 Å². The predicted octanol–water partition coefficient (Wildman–Crippen LogP) is 3.52. The second-order valence-electron chi connectivity index (χ2n) is 6.50. The van der Waals surface area contributed by atoms with E-state index in [0.717, 1.165) is 0 Å². The van der Waals surface area contributed by atoms with Gasteiger partial charge in [0.05, 0.1) is 49.7 Å². The monoisotopic (exact) mass is 491 g/mol. The molecule has 0 fully saturated rings. The largest absolute Gasteiger partial charge is 0.477 e. The molecule has 0 spiro atoms. The second kappa shape index (κ2) is 9.81. The number of nitrogens with zero attached hydrogens (tertiary/aromatic N) is 7. The molecule has 11 nitrogen and oxygen atoms in total. The molecular formula is C20H19Cl2N7O4. The Kier molecular flexibility index (Phi) is 6.86. The predicted molar refractivity (Wildman–Crippen MR) is 120 cm³/mol. The standard InChI is InChI=1S/C20H19Cl2N7O4/c1-30-19-20(31-2)25-16-13(24-19)8-12(21)15(22)17(16)29-14(10-28(32-3)33-4)26-27-18(29)11-6-5-7-23-9-11/h5-9H,10H2,1-4H3. The molecule has 0 bridgehead atoms. The Morgan fingerprint density at radius 1 is 1.00 bits per heavy atom. The Balaban J connectivity index is 2.07. The van der Waals surface area contributed by atoms with E-state index < -0.39 is 0 Å². The first-order chi connectivity index (χ1) is 16.0. The van der Waals surface area contributed by atoms with Gasteiger partial charge in [0.2, 0.25) is 0 Å². The van der Waals surface area contributed by atoms with Crippen LogP contribution in [0.3, 0.4) is 0 Å². The van der Waals surface area contributed by atoms with Crippen LogP contribution in [0.2, 0.25) is 10.0 Å². The molecule has 33 heavy (non-hydrogen) atoms. The Hall–Kier alpha value is -3.09. The van der Waals surface area contributed by atoms with Gasteiger partial charge in [-0.1, -0.05) is 28.4 Å². The summed E-state index contributed by atoms with van der Waals surface area (Å²) in [6.07, 6.45) is 3.32. The molecule has 0 amide bonds. The number of hydroxylamine groups is 2.